The maximum absolute atomic E-state index is 12.3. The highest BCUT2D eigenvalue weighted by atomic mass is 35.5. The summed E-state index contributed by atoms with van der Waals surface area (Å²) in [6.07, 6.45) is -4.52. The van der Waals surface area contributed by atoms with Gasteiger partial charge in [-0.3, -0.25) is 5.10 Å². The molecule has 1 unspecified atom stereocenters. The highest BCUT2D eigenvalue weighted by Gasteiger charge is 2.40. The van der Waals surface area contributed by atoms with Gasteiger partial charge in [-0.15, -0.1) is 23.7 Å². The summed E-state index contributed by atoms with van der Waals surface area (Å²) >= 11 is 1.34. The summed E-state index contributed by atoms with van der Waals surface area (Å²) in [5, 5.41) is 7.68. The first-order valence-corrected chi connectivity index (χ1v) is 5.15. The minimum Gasteiger partial charge on any atom is -0.314 e. The molecule has 0 saturated heterocycles. The van der Waals surface area contributed by atoms with Crippen LogP contribution in [0, 0.1) is 0 Å². The molecular formula is C8H8ClF3N4S. The van der Waals surface area contributed by atoms with Crippen molar-refractivity contribution in [1.82, 2.24) is 15.2 Å². The summed E-state index contributed by atoms with van der Waals surface area (Å²) in [6.45, 7) is 0. The lowest BCUT2D eigenvalue weighted by molar-refractivity contribution is -0.150. The van der Waals surface area contributed by atoms with Gasteiger partial charge >= 0.3 is 6.18 Å². The Balaban J connectivity index is 0.00000144. The average molecular weight is 285 g/mol. The molecule has 0 aliphatic heterocycles. The van der Waals surface area contributed by atoms with Crippen molar-refractivity contribution in [3.05, 3.63) is 23.3 Å². The van der Waals surface area contributed by atoms with Crippen molar-refractivity contribution < 1.29 is 13.2 Å². The van der Waals surface area contributed by atoms with Crippen molar-refractivity contribution >= 4 is 23.7 Å². The molecule has 2 aromatic heterocycles. The molecule has 1 atom stereocenters. The van der Waals surface area contributed by atoms with Crippen molar-refractivity contribution in [2.75, 3.05) is 0 Å². The monoisotopic (exact) mass is 284 g/mol. The quantitative estimate of drug-likeness (QED) is 0.890. The van der Waals surface area contributed by atoms with E-state index in [0.717, 1.165) is 0 Å². The maximum Gasteiger partial charge on any atom is 0.410 e. The molecule has 2 aromatic rings. The Labute approximate surface area is 104 Å². The first-order chi connectivity index (χ1) is 7.48. The number of alkyl halides is 3. The van der Waals surface area contributed by atoms with Gasteiger partial charge in [-0.05, 0) is 11.4 Å². The van der Waals surface area contributed by atoms with E-state index in [1.807, 2.05) is 0 Å². The minimum absolute atomic E-state index is 0. The number of nitrogens with two attached hydrogens (primary N) is 1. The lowest BCUT2D eigenvalue weighted by Crippen LogP contribution is -2.29. The third-order valence-corrected chi connectivity index (χ3v) is 2.76. The number of nitrogens with zero attached hydrogens (tertiary/aromatic N) is 2. The number of hydrogen-bond donors (Lipinski definition) is 2. The van der Waals surface area contributed by atoms with Crippen LogP contribution in [-0.2, 0) is 0 Å². The van der Waals surface area contributed by atoms with E-state index < -0.39 is 12.2 Å². The molecule has 0 aliphatic rings. The zero-order valence-electron chi connectivity index (χ0n) is 8.23. The van der Waals surface area contributed by atoms with Crippen LogP contribution in [0.3, 0.4) is 0 Å². The van der Waals surface area contributed by atoms with Crippen LogP contribution in [0.25, 0.3) is 10.7 Å². The van der Waals surface area contributed by atoms with E-state index in [-0.39, 0.29) is 24.1 Å². The summed E-state index contributed by atoms with van der Waals surface area (Å²) in [5.41, 5.74) is 4.98. The predicted octanol–water partition coefficient (Wildman–Crippen LogP) is 2.52. The zero-order valence-corrected chi connectivity index (χ0v) is 9.86. The predicted molar refractivity (Wildman–Crippen MR) is 59.9 cm³/mol. The van der Waals surface area contributed by atoms with Crippen molar-refractivity contribution in [2.45, 2.75) is 12.2 Å². The Hall–Kier alpha value is -1.12. The normalized spacial score (nSPS) is 13.2. The SMILES string of the molecule is Cl.NC(c1nc(-c2cccs2)n[nH]1)C(F)(F)F. The van der Waals surface area contributed by atoms with Crippen LogP contribution in [0.2, 0.25) is 0 Å². The van der Waals surface area contributed by atoms with E-state index >= 15 is 0 Å². The van der Waals surface area contributed by atoms with Gasteiger partial charge in [0.05, 0.1) is 4.88 Å². The highest BCUT2D eigenvalue weighted by Crippen LogP contribution is 2.29. The van der Waals surface area contributed by atoms with E-state index in [1.54, 1.807) is 17.5 Å². The van der Waals surface area contributed by atoms with E-state index in [4.69, 9.17) is 5.73 Å². The molecule has 0 saturated carbocycles. The second-order valence-electron chi connectivity index (χ2n) is 3.04. The fourth-order valence-electron chi connectivity index (χ4n) is 1.08. The van der Waals surface area contributed by atoms with Gasteiger partial charge < -0.3 is 5.73 Å². The number of rotatable bonds is 2. The molecule has 0 amide bonds. The topological polar surface area (TPSA) is 67.6 Å². The van der Waals surface area contributed by atoms with E-state index in [1.165, 1.54) is 11.3 Å². The molecule has 0 aromatic carbocycles. The molecule has 0 bridgehead atoms. The Morgan fingerprint density at radius 2 is 2.12 bits per heavy atom. The zero-order chi connectivity index (χ0) is 11.8. The van der Waals surface area contributed by atoms with Gasteiger partial charge in [-0.25, -0.2) is 4.98 Å². The second-order valence-corrected chi connectivity index (χ2v) is 3.99. The van der Waals surface area contributed by atoms with E-state index in [2.05, 4.69) is 15.2 Å². The van der Waals surface area contributed by atoms with Crippen LogP contribution >= 0.6 is 23.7 Å². The van der Waals surface area contributed by atoms with Crippen LogP contribution < -0.4 is 5.73 Å². The molecule has 0 radical (unpaired) electrons. The fraction of sp³-hybridized carbons (Fsp3) is 0.250. The Morgan fingerprint density at radius 1 is 1.41 bits per heavy atom. The molecule has 4 nitrogen and oxygen atoms in total. The van der Waals surface area contributed by atoms with Crippen molar-refractivity contribution in [2.24, 2.45) is 5.73 Å². The minimum atomic E-state index is -4.52. The second kappa shape index (κ2) is 5.03. The standard InChI is InChI=1S/C8H7F3N4S.ClH/c9-8(10,11)5(12)7-13-6(14-15-7)4-2-1-3-16-4;/h1-3,5H,12H2,(H,13,14,15);1H. The number of nitrogens with one attached hydrogen (secondary N) is 1. The molecule has 2 heterocycles. The highest BCUT2D eigenvalue weighted by molar-refractivity contribution is 7.13. The van der Waals surface area contributed by atoms with Crippen molar-refractivity contribution in [3.8, 4) is 10.7 Å². The number of aromatic nitrogens is 3. The lowest BCUT2D eigenvalue weighted by atomic mass is 10.3. The third kappa shape index (κ3) is 2.96. The molecule has 2 rings (SSSR count). The number of aromatic amines is 1. The van der Waals surface area contributed by atoms with Gasteiger partial charge in [0, 0.05) is 0 Å². The average Bonchev–Trinajstić information content (AvgIpc) is 2.85. The Kier molecular flexibility index (Phi) is 4.12. The van der Waals surface area contributed by atoms with Crippen LogP contribution in [-0.4, -0.2) is 21.4 Å². The number of hydrogen-bond acceptors (Lipinski definition) is 4. The fourth-order valence-corrected chi connectivity index (χ4v) is 1.74. The molecule has 94 valence electrons. The summed E-state index contributed by atoms with van der Waals surface area (Å²) in [7, 11) is 0. The van der Waals surface area contributed by atoms with Gasteiger partial charge in [0.15, 0.2) is 17.7 Å². The molecule has 0 fully saturated rings. The smallest absolute Gasteiger partial charge is 0.314 e. The molecule has 3 N–H and O–H groups in total. The van der Waals surface area contributed by atoms with E-state index in [0.29, 0.717) is 4.88 Å². The summed E-state index contributed by atoms with van der Waals surface area (Å²) in [4.78, 5) is 4.41. The number of thiophene rings is 1. The summed E-state index contributed by atoms with van der Waals surface area (Å²) in [6, 6.07) is 1.35. The Bertz CT molecular complexity index is 467. The summed E-state index contributed by atoms with van der Waals surface area (Å²) < 4.78 is 36.8. The molecule has 0 spiro atoms. The van der Waals surface area contributed by atoms with Crippen LogP contribution in [0.1, 0.15) is 11.9 Å². The third-order valence-electron chi connectivity index (χ3n) is 1.89. The van der Waals surface area contributed by atoms with Gasteiger partial charge in [0.1, 0.15) is 0 Å². The largest absolute Gasteiger partial charge is 0.410 e. The Morgan fingerprint density at radius 3 is 2.65 bits per heavy atom. The van der Waals surface area contributed by atoms with E-state index in [9.17, 15) is 13.2 Å². The van der Waals surface area contributed by atoms with Crippen molar-refractivity contribution in [3.63, 3.8) is 0 Å². The first kappa shape index (κ1) is 13.9. The van der Waals surface area contributed by atoms with Crippen molar-refractivity contribution in [1.29, 1.82) is 0 Å². The molecule has 0 aliphatic carbocycles. The van der Waals surface area contributed by atoms with Crippen LogP contribution in [0.15, 0.2) is 17.5 Å². The summed E-state index contributed by atoms with van der Waals surface area (Å²) in [5.74, 6) is -0.152. The maximum atomic E-state index is 12.3. The van der Waals surface area contributed by atoms with Gasteiger partial charge in [-0.1, -0.05) is 6.07 Å². The number of H-pyrrole nitrogens is 1. The molecular weight excluding hydrogens is 277 g/mol. The van der Waals surface area contributed by atoms with Gasteiger partial charge in [0.25, 0.3) is 0 Å². The first-order valence-electron chi connectivity index (χ1n) is 4.27. The molecule has 9 heteroatoms. The molecule has 17 heavy (non-hydrogen) atoms. The van der Waals surface area contributed by atoms with Gasteiger partial charge in [0.2, 0.25) is 0 Å². The van der Waals surface area contributed by atoms with Gasteiger partial charge in [-0.2, -0.15) is 18.3 Å². The van der Waals surface area contributed by atoms with Crippen LogP contribution in [0.4, 0.5) is 13.2 Å². The van der Waals surface area contributed by atoms with Crippen LogP contribution in [0.5, 0.6) is 0 Å². The lowest BCUT2D eigenvalue weighted by Gasteiger charge is -2.11. The number of halogens is 4.